The molecule has 2 atom stereocenters. The number of aryl methyl sites for hydroxylation is 1. The highest BCUT2D eigenvalue weighted by molar-refractivity contribution is 9.10. The maximum Gasteiger partial charge on any atom is 0.315 e. The zero-order valence-corrected chi connectivity index (χ0v) is 14.9. The lowest BCUT2D eigenvalue weighted by Gasteiger charge is -2.20. The van der Waals surface area contributed by atoms with Crippen molar-refractivity contribution in [2.24, 2.45) is 0 Å². The predicted molar refractivity (Wildman–Crippen MR) is 92.5 cm³/mol. The molecule has 0 radical (unpaired) electrons. The first kappa shape index (κ1) is 17.7. The first-order valence-corrected chi connectivity index (χ1v) is 8.47. The third-order valence-corrected chi connectivity index (χ3v) is 4.25. The molecule has 3 amide bonds. The highest BCUT2D eigenvalue weighted by Gasteiger charge is 2.23. The number of amides is 3. The number of benzene rings is 1. The molecule has 1 aromatic carbocycles. The smallest absolute Gasteiger partial charge is 0.315 e. The summed E-state index contributed by atoms with van der Waals surface area (Å²) in [7, 11) is 0. The van der Waals surface area contributed by atoms with Gasteiger partial charge < -0.3 is 20.7 Å². The Labute approximate surface area is 144 Å². The number of carbonyl (C=O) groups excluding carboxylic acids is 2. The second-order valence-corrected chi connectivity index (χ2v) is 6.59. The summed E-state index contributed by atoms with van der Waals surface area (Å²) in [6, 6.07) is 5.15. The molecular formula is C16H22BrN3O3. The number of rotatable bonds is 5. The quantitative estimate of drug-likeness (QED) is 0.730. The van der Waals surface area contributed by atoms with Crippen molar-refractivity contribution in [2.75, 3.05) is 18.5 Å². The van der Waals surface area contributed by atoms with Crippen LogP contribution in [0.2, 0.25) is 0 Å². The van der Waals surface area contributed by atoms with E-state index in [1.807, 2.05) is 32.0 Å². The summed E-state index contributed by atoms with van der Waals surface area (Å²) in [4.78, 5) is 23.7. The molecular weight excluding hydrogens is 362 g/mol. The molecule has 1 aliphatic heterocycles. The highest BCUT2D eigenvalue weighted by atomic mass is 79.9. The Balaban J connectivity index is 1.74. The van der Waals surface area contributed by atoms with Gasteiger partial charge in [0.25, 0.3) is 0 Å². The van der Waals surface area contributed by atoms with Crippen molar-refractivity contribution in [3.05, 3.63) is 28.2 Å². The molecule has 0 aliphatic carbocycles. The Morgan fingerprint density at radius 2 is 2.22 bits per heavy atom. The summed E-state index contributed by atoms with van der Waals surface area (Å²) in [5.74, 6) is -0.268. The summed E-state index contributed by atoms with van der Waals surface area (Å²) >= 11 is 3.37. The number of hydrogen-bond acceptors (Lipinski definition) is 3. The fourth-order valence-electron chi connectivity index (χ4n) is 2.47. The van der Waals surface area contributed by atoms with Gasteiger partial charge in [-0.25, -0.2) is 4.79 Å². The molecule has 1 heterocycles. The summed E-state index contributed by atoms with van der Waals surface area (Å²) in [5, 5.41) is 8.13. The minimum absolute atomic E-state index is 0.0555. The lowest BCUT2D eigenvalue weighted by Crippen LogP contribution is -2.47. The van der Waals surface area contributed by atoms with Crippen LogP contribution < -0.4 is 16.0 Å². The Morgan fingerprint density at radius 1 is 1.43 bits per heavy atom. The SMILES string of the molecule is Cc1cc(Br)ccc1NC(=O)CNC(=O)NC(C)C1CCCO1. The summed E-state index contributed by atoms with van der Waals surface area (Å²) < 4.78 is 6.47. The maximum atomic E-state index is 11.9. The van der Waals surface area contributed by atoms with Gasteiger partial charge in [-0.3, -0.25) is 4.79 Å². The number of nitrogens with one attached hydrogen (secondary N) is 3. The van der Waals surface area contributed by atoms with Gasteiger partial charge in [0.05, 0.1) is 18.7 Å². The van der Waals surface area contributed by atoms with E-state index >= 15 is 0 Å². The lowest BCUT2D eigenvalue weighted by atomic mass is 10.1. The van der Waals surface area contributed by atoms with Crippen molar-refractivity contribution in [3.63, 3.8) is 0 Å². The number of urea groups is 1. The molecule has 0 saturated carbocycles. The number of hydrogen-bond donors (Lipinski definition) is 3. The van der Waals surface area contributed by atoms with E-state index in [1.165, 1.54) is 0 Å². The molecule has 1 saturated heterocycles. The molecule has 0 bridgehead atoms. The van der Waals surface area contributed by atoms with Crippen molar-refractivity contribution in [2.45, 2.75) is 38.8 Å². The lowest BCUT2D eigenvalue weighted by molar-refractivity contribution is -0.115. The van der Waals surface area contributed by atoms with E-state index in [4.69, 9.17) is 4.74 Å². The zero-order valence-electron chi connectivity index (χ0n) is 13.3. The zero-order chi connectivity index (χ0) is 16.8. The van der Waals surface area contributed by atoms with E-state index in [9.17, 15) is 9.59 Å². The van der Waals surface area contributed by atoms with E-state index in [-0.39, 0.29) is 30.6 Å². The van der Waals surface area contributed by atoms with Crippen molar-refractivity contribution < 1.29 is 14.3 Å². The Hall–Kier alpha value is -1.60. The molecule has 2 unspecified atom stereocenters. The minimum Gasteiger partial charge on any atom is -0.376 e. The third kappa shape index (κ3) is 5.51. The first-order chi connectivity index (χ1) is 11.0. The molecule has 1 aliphatic rings. The summed E-state index contributed by atoms with van der Waals surface area (Å²) in [6.07, 6.45) is 2.03. The molecule has 0 aromatic heterocycles. The molecule has 3 N–H and O–H groups in total. The Kier molecular flexibility index (Phi) is 6.41. The minimum atomic E-state index is -0.365. The standard InChI is InChI=1S/C16H22BrN3O3/c1-10-8-12(17)5-6-13(10)20-15(21)9-18-16(22)19-11(2)14-4-3-7-23-14/h5-6,8,11,14H,3-4,7,9H2,1-2H3,(H,20,21)(H2,18,19,22). The van der Waals surface area contributed by atoms with Crippen molar-refractivity contribution >= 4 is 33.6 Å². The van der Waals surface area contributed by atoms with Crippen LogP contribution in [-0.2, 0) is 9.53 Å². The van der Waals surface area contributed by atoms with Gasteiger partial charge >= 0.3 is 6.03 Å². The van der Waals surface area contributed by atoms with E-state index < -0.39 is 0 Å². The monoisotopic (exact) mass is 383 g/mol. The number of anilines is 1. The number of ether oxygens (including phenoxy) is 1. The van der Waals surface area contributed by atoms with Gasteiger partial charge in [-0.2, -0.15) is 0 Å². The molecule has 6 nitrogen and oxygen atoms in total. The van der Waals surface area contributed by atoms with Gasteiger partial charge in [-0.15, -0.1) is 0 Å². The largest absolute Gasteiger partial charge is 0.376 e. The Morgan fingerprint density at radius 3 is 2.87 bits per heavy atom. The average molecular weight is 384 g/mol. The number of halogens is 1. The van der Waals surface area contributed by atoms with Gasteiger partial charge in [0.2, 0.25) is 5.91 Å². The third-order valence-electron chi connectivity index (χ3n) is 3.75. The van der Waals surface area contributed by atoms with E-state index in [0.717, 1.165) is 35.2 Å². The van der Waals surface area contributed by atoms with Gasteiger partial charge in [-0.1, -0.05) is 15.9 Å². The van der Waals surface area contributed by atoms with Crippen LogP contribution in [0.1, 0.15) is 25.3 Å². The summed E-state index contributed by atoms with van der Waals surface area (Å²) in [6.45, 7) is 4.47. The van der Waals surface area contributed by atoms with Crippen LogP contribution >= 0.6 is 15.9 Å². The highest BCUT2D eigenvalue weighted by Crippen LogP contribution is 2.19. The average Bonchev–Trinajstić information content (AvgIpc) is 3.02. The van der Waals surface area contributed by atoms with Gasteiger partial charge in [-0.05, 0) is 50.5 Å². The fraction of sp³-hybridized carbons (Fsp3) is 0.500. The van der Waals surface area contributed by atoms with Crippen LogP contribution in [0.3, 0.4) is 0 Å². The number of carbonyl (C=O) groups is 2. The van der Waals surface area contributed by atoms with Crippen molar-refractivity contribution in [1.82, 2.24) is 10.6 Å². The van der Waals surface area contributed by atoms with Crippen LogP contribution in [0.4, 0.5) is 10.5 Å². The molecule has 7 heteroatoms. The van der Waals surface area contributed by atoms with Gasteiger partial charge in [0.15, 0.2) is 0 Å². The van der Waals surface area contributed by atoms with Gasteiger partial charge in [0, 0.05) is 16.8 Å². The van der Waals surface area contributed by atoms with E-state index in [2.05, 4.69) is 31.9 Å². The molecule has 0 spiro atoms. The second-order valence-electron chi connectivity index (χ2n) is 5.67. The summed E-state index contributed by atoms with van der Waals surface area (Å²) in [5.41, 5.74) is 1.68. The maximum absolute atomic E-state index is 11.9. The van der Waals surface area contributed by atoms with E-state index in [0.29, 0.717) is 0 Å². The molecule has 1 fully saturated rings. The fourth-order valence-corrected chi connectivity index (χ4v) is 2.95. The van der Waals surface area contributed by atoms with Crippen molar-refractivity contribution in [3.8, 4) is 0 Å². The predicted octanol–water partition coefficient (Wildman–Crippen LogP) is 2.56. The molecule has 1 aromatic rings. The van der Waals surface area contributed by atoms with Crippen LogP contribution in [0.15, 0.2) is 22.7 Å². The van der Waals surface area contributed by atoms with Crippen LogP contribution in [0.25, 0.3) is 0 Å². The van der Waals surface area contributed by atoms with E-state index in [1.54, 1.807) is 0 Å². The first-order valence-electron chi connectivity index (χ1n) is 7.67. The molecule has 23 heavy (non-hydrogen) atoms. The molecule has 2 rings (SSSR count). The van der Waals surface area contributed by atoms with Crippen molar-refractivity contribution in [1.29, 1.82) is 0 Å². The topological polar surface area (TPSA) is 79.5 Å². The second kappa shape index (κ2) is 8.31. The normalized spacial score (nSPS) is 18.3. The van der Waals surface area contributed by atoms with Crippen LogP contribution in [-0.4, -0.2) is 37.2 Å². The molecule has 126 valence electrons. The van der Waals surface area contributed by atoms with Gasteiger partial charge in [0.1, 0.15) is 0 Å². The van der Waals surface area contributed by atoms with Crippen LogP contribution in [0, 0.1) is 6.92 Å². The van der Waals surface area contributed by atoms with Crippen LogP contribution in [0.5, 0.6) is 0 Å². The Bertz CT molecular complexity index is 574.